The van der Waals surface area contributed by atoms with Gasteiger partial charge in [-0.2, -0.15) is 15.0 Å². The highest BCUT2D eigenvalue weighted by Crippen LogP contribution is 2.36. The number of hydrogen-bond acceptors (Lipinski definition) is 6. The Morgan fingerprint density at radius 3 is 2.69 bits per heavy atom. The zero-order chi connectivity index (χ0) is 22.8. The molecule has 11 heteroatoms. The first-order valence-corrected chi connectivity index (χ1v) is 10.4. The van der Waals surface area contributed by atoms with E-state index in [4.69, 9.17) is 21.6 Å². The van der Waals surface area contributed by atoms with Gasteiger partial charge in [0.15, 0.2) is 0 Å². The molecule has 0 N–H and O–H groups in total. The maximum absolute atomic E-state index is 13.9. The monoisotopic (exact) mass is 473 g/mol. The highest BCUT2D eigenvalue weighted by atomic mass is 35.5. The molecule has 2 aromatic carbocycles. The smallest absolute Gasteiger partial charge is 0.350 e. The van der Waals surface area contributed by atoms with E-state index in [1.54, 1.807) is 19.1 Å². The van der Waals surface area contributed by atoms with Crippen molar-refractivity contribution < 1.29 is 13.5 Å². The lowest BCUT2D eigenvalue weighted by Crippen LogP contribution is -2.24. The van der Waals surface area contributed by atoms with Gasteiger partial charge in [-0.05, 0) is 37.3 Å². The van der Waals surface area contributed by atoms with Gasteiger partial charge in [-0.25, -0.2) is 18.6 Å². The van der Waals surface area contributed by atoms with Gasteiger partial charge in [0.25, 0.3) is 0 Å². The lowest BCUT2D eigenvalue weighted by Gasteiger charge is -2.08. The first kappa shape index (κ1) is 21.7. The number of thiazole rings is 1. The van der Waals surface area contributed by atoms with Crippen LogP contribution in [0.25, 0.3) is 5.69 Å². The first-order chi connectivity index (χ1) is 15.4. The molecule has 7 nitrogen and oxygen atoms in total. The molecule has 0 radical (unpaired) electrons. The number of benzene rings is 2. The zero-order valence-electron chi connectivity index (χ0n) is 16.6. The minimum Gasteiger partial charge on any atom is -0.443 e. The quantitative estimate of drug-likeness (QED) is 0.407. The summed E-state index contributed by atoms with van der Waals surface area (Å²) in [7, 11) is 0. The van der Waals surface area contributed by atoms with Gasteiger partial charge < -0.3 is 4.74 Å². The maximum atomic E-state index is 13.9. The average molecular weight is 474 g/mol. The number of halogens is 3. The Labute approximate surface area is 189 Å². The summed E-state index contributed by atoms with van der Waals surface area (Å²) in [4.78, 5) is 17.0. The van der Waals surface area contributed by atoms with E-state index in [0.29, 0.717) is 27.2 Å². The van der Waals surface area contributed by atoms with Gasteiger partial charge in [0, 0.05) is 5.56 Å². The van der Waals surface area contributed by atoms with Crippen LogP contribution in [0.5, 0.6) is 10.8 Å². The number of nitrogens with zero attached hydrogens (tertiary/aromatic N) is 5. The third-order valence-electron chi connectivity index (χ3n) is 4.51. The van der Waals surface area contributed by atoms with E-state index in [1.807, 2.05) is 6.07 Å². The molecular weight excluding hydrogens is 460 g/mol. The van der Waals surface area contributed by atoms with Gasteiger partial charge in [-0.1, -0.05) is 29.0 Å². The summed E-state index contributed by atoms with van der Waals surface area (Å²) < 4.78 is 35.8. The third-order valence-corrected chi connectivity index (χ3v) is 5.85. The summed E-state index contributed by atoms with van der Waals surface area (Å²) in [6.45, 7) is 1.46. The number of aromatic nitrogens is 4. The van der Waals surface area contributed by atoms with Crippen LogP contribution < -0.4 is 10.4 Å². The first-order valence-electron chi connectivity index (χ1n) is 9.25. The zero-order valence-corrected chi connectivity index (χ0v) is 18.1. The van der Waals surface area contributed by atoms with Crippen LogP contribution in [-0.2, 0) is 13.0 Å². The van der Waals surface area contributed by atoms with E-state index in [-0.39, 0.29) is 23.6 Å². The van der Waals surface area contributed by atoms with Crippen molar-refractivity contribution >= 4 is 22.9 Å². The summed E-state index contributed by atoms with van der Waals surface area (Å²) in [5.41, 5.74) is 0.172. The Balaban J connectivity index is 1.59. The molecule has 0 spiro atoms. The number of aryl methyl sites for hydroxylation is 1. The van der Waals surface area contributed by atoms with Crippen LogP contribution >= 0.6 is 22.9 Å². The molecule has 0 amide bonds. The minimum absolute atomic E-state index is 0.184. The molecule has 0 bridgehead atoms. The molecule has 32 heavy (non-hydrogen) atoms. The number of ether oxygens (including phenoxy) is 1. The average Bonchev–Trinajstić information content (AvgIpc) is 3.28. The lowest BCUT2D eigenvalue weighted by atomic mass is 10.2. The van der Waals surface area contributed by atoms with E-state index in [0.717, 1.165) is 21.4 Å². The van der Waals surface area contributed by atoms with Gasteiger partial charge in [0.1, 0.15) is 28.7 Å². The fraction of sp³-hybridized carbons (Fsp3) is 0.143. The van der Waals surface area contributed by atoms with Crippen molar-refractivity contribution in [1.82, 2.24) is 19.3 Å². The Morgan fingerprint density at radius 1 is 1.25 bits per heavy atom. The largest absolute Gasteiger partial charge is 0.443 e. The standard InChI is InChI=1S/C21H14ClF2N5O2S/c1-12-20(32-19(27-12)7-8-25)31-18-6-5-13(9-15(18)22)29-21(30)28(11-26-29)10-14-16(23)3-2-4-17(14)24/h2-6,9,11H,7,10H2,1H3. The van der Waals surface area contributed by atoms with Gasteiger partial charge in [0.05, 0.1) is 35.4 Å². The summed E-state index contributed by atoms with van der Waals surface area (Å²) in [5, 5.41) is 14.2. The highest BCUT2D eigenvalue weighted by molar-refractivity contribution is 7.13. The van der Waals surface area contributed by atoms with Crippen molar-refractivity contribution in [3.63, 3.8) is 0 Å². The van der Waals surface area contributed by atoms with Crippen molar-refractivity contribution in [2.45, 2.75) is 19.9 Å². The highest BCUT2D eigenvalue weighted by Gasteiger charge is 2.16. The summed E-state index contributed by atoms with van der Waals surface area (Å²) in [5.74, 6) is -1.15. The van der Waals surface area contributed by atoms with Crippen LogP contribution in [0.3, 0.4) is 0 Å². The second-order valence-corrected chi connectivity index (χ2v) is 8.14. The second kappa shape index (κ2) is 8.90. The fourth-order valence-corrected chi connectivity index (χ4v) is 4.02. The molecule has 0 saturated carbocycles. The van der Waals surface area contributed by atoms with E-state index in [1.165, 1.54) is 29.8 Å². The van der Waals surface area contributed by atoms with Crippen molar-refractivity contribution in [2.24, 2.45) is 0 Å². The Hall–Kier alpha value is -3.55. The van der Waals surface area contributed by atoms with Crippen molar-refractivity contribution in [3.8, 4) is 22.6 Å². The van der Waals surface area contributed by atoms with Gasteiger partial charge in [0.2, 0.25) is 5.06 Å². The van der Waals surface area contributed by atoms with Crippen molar-refractivity contribution in [2.75, 3.05) is 0 Å². The summed E-state index contributed by atoms with van der Waals surface area (Å²) in [6.07, 6.45) is 1.38. The molecule has 162 valence electrons. The maximum Gasteiger partial charge on any atom is 0.350 e. The third kappa shape index (κ3) is 4.26. The van der Waals surface area contributed by atoms with Gasteiger partial charge in [-0.3, -0.25) is 4.57 Å². The molecule has 2 heterocycles. The molecule has 0 aliphatic rings. The van der Waals surface area contributed by atoms with E-state index < -0.39 is 17.3 Å². The second-order valence-electron chi connectivity index (χ2n) is 6.69. The predicted molar refractivity (Wildman–Crippen MR) is 115 cm³/mol. The topological polar surface area (TPSA) is 85.7 Å². The molecule has 0 atom stereocenters. The molecule has 0 fully saturated rings. The number of hydrogen-bond donors (Lipinski definition) is 0. The number of rotatable bonds is 6. The van der Waals surface area contributed by atoms with E-state index in [2.05, 4.69) is 10.1 Å². The van der Waals surface area contributed by atoms with Crippen molar-refractivity contribution in [1.29, 1.82) is 5.26 Å². The number of nitriles is 1. The Kier molecular flexibility index (Phi) is 6.03. The molecule has 2 aromatic heterocycles. The molecule has 0 aliphatic heterocycles. The predicted octanol–water partition coefficient (Wildman–Crippen LogP) is 4.64. The van der Waals surface area contributed by atoms with Crippen LogP contribution in [0, 0.1) is 29.9 Å². The molecule has 0 unspecified atom stereocenters. The normalized spacial score (nSPS) is 10.8. The van der Waals surface area contributed by atoms with Gasteiger partial charge in [-0.15, -0.1) is 0 Å². The lowest BCUT2D eigenvalue weighted by molar-refractivity contribution is 0.491. The Morgan fingerprint density at radius 2 is 2.00 bits per heavy atom. The van der Waals surface area contributed by atoms with Crippen LogP contribution in [0.1, 0.15) is 16.3 Å². The summed E-state index contributed by atoms with van der Waals surface area (Å²) >= 11 is 7.59. The molecule has 4 rings (SSSR count). The molecule has 0 aliphatic carbocycles. The van der Waals surface area contributed by atoms with E-state index >= 15 is 0 Å². The van der Waals surface area contributed by atoms with Crippen LogP contribution in [0.2, 0.25) is 5.02 Å². The van der Waals surface area contributed by atoms with Gasteiger partial charge >= 0.3 is 5.69 Å². The van der Waals surface area contributed by atoms with Crippen molar-refractivity contribution in [3.05, 3.63) is 86.1 Å². The van der Waals surface area contributed by atoms with Crippen LogP contribution in [0.4, 0.5) is 8.78 Å². The molecular formula is C21H14ClF2N5O2S. The van der Waals surface area contributed by atoms with Crippen LogP contribution in [0.15, 0.2) is 47.5 Å². The molecule has 0 saturated heterocycles. The van der Waals surface area contributed by atoms with E-state index in [9.17, 15) is 13.6 Å². The van der Waals surface area contributed by atoms with Crippen LogP contribution in [-0.4, -0.2) is 19.3 Å². The minimum atomic E-state index is -0.745. The summed E-state index contributed by atoms with van der Waals surface area (Å²) in [6, 6.07) is 10.2. The molecule has 4 aromatic rings. The SMILES string of the molecule is Cc1nc(CC#N)sc1Oc1ccc(-n2ncn(Cc3c(F)cccc3F)c2=O)cc1Cl. The fourth-order valence-electron chi connectivity index (χ4n) is 2.95. The Bertz CT molecular complexity index is 1390.